The Kier molecular flexibility index (Phi) is 6.00. The van der Waals surface area contributed by atoms with Gasteiger partial charge in [-0.1, -0.05) is 77.1 Å². The van der Waals surface area contributed by atoms with Gasteiger partial charge in [0.25, 0.3) is 0 Å². The van der Waals surface area contributed by atoms with Crippen molar-refractivity contribution >= 4 is 11.6 Å². The molecule has 0 aromatic heterocycles. The topological polar surface area (TPSA) is 20.2 Å². The maximum Gasteiger partial charge on any atom is 0.142 e. The number of halogens is 1. The number of hydrogen-bond acceptors (Lipinski definition) is 1. The van der Waals surface area contributed by atoms with Gasteiger partial charge in [0, 0.05) is 6.42 Å². The molecule has 0 spiro atoms. The van der Waals surface area contributed by atoms with Gasteiger partial charge in [-0.3, -0.25) is 0 Å². The van der Waals surface area contributed by atoms with Crippen LogP contribution in [0, 0.1) is 46.3 Å². The summed E-state index contributed by atoms with van der Waals surface area (Å²) < 4.78 is 0. The summed E-state index contributed by atoms with van der Waals surface area (Å²) in [5.41, 5.74) is 2.32. The Morgan fingerprint density at radius 2 is 1.79 bits per heavy atom. The first kappa shape index (κ1) is 22.2. The van der Waals surface area contributed by atoms with Gasteiger partial charge in [-0.15, -0.1) is 0 Å². The van der Waals surface area contributed by atoms with E-state index in [0.717, 1.165) is 48.3 Å². The highest BCUT2D eigenvalue weighted by atomic mass is 35.5. The molecule has 0 aromatic carbocycles. The molecule has 2 heteroatoms. The van der Waals surface area contributed by atoms with Crippen LogP contribution in [0.1, 0.15) is 105 Å². The van der Waals surface area contributed by atoms with Gasteiger partial charge in [0.1, 0.15) is 5.06 Å². The molecule has 0 amide bonds. The second kappa shape index (κ2) is 7.84. The first-order valence-electron chi connectivity index (χ1n) is 12.7. The number of alkyl halides is 1. The van der Waals surface area contributed by atoms with Crippen LogP contribution in [0.5, 0.6) is 0 Å². The summed E-state index contributed by atoms with van der Waals surface area (Å²) in [5, 5.41) is 9.45. The fourth-order valence-corrected chi connectivity index (χ4v) is 8.87. The van der Waals surface area contributed by atoms with Gasteiger partial charge in [0.05, 0.1) is 0 Å². The van der Waals surface area contributed by atoms with E-state index in [1.54, 1.807) is 0 Å². The molecule has 8 atom stereocenters. The highest BCUT2D eigenvalue weighted by Gasteiger charge is 2.59. The van der Waals surface area contributed by atoms with Crippen LogP contribution in [0.15, 0.2) is 11.6 Å². The quantitative estimate of drug-likeness (QED) is 0.353. The van der Waals surface area contributed by atoms with E-state index in [2.05, 4.69) is 40.7 Å². The Morgan fingerprint density at radius 3 is 2.52 bits per heavy atom. The third-order valence-corrected chi connectivity index (χ3v) is 10.6. The normalized spacial score (nSPS) is 47.9. The van der Waals surface area contributed by atoms with Gasteiger partial charge in [0.15, 0.2) is 0 Å². The first-order valence-corrected chi connectivity index (χ1v) is 13.1. The van der Waals surface area contributed by atoms with E-state index in [1.807, 2.05) is 0 Å². The lowest BCUT2D eigenvalue weighted by Crippen LogP contribution is -2.51. The Labute approximate surface area is 185 Å². The summed E-state index contributed by atoms with van der Waals surface area (Å²) in [5.74, 6) is 5.23. The summed E-state index contributed by atoms with van der Waals surface area (Å²) in [4.78, 5) is 0. The fourth-order valence-electron chi connectivity index (χ4n) is 8.63. The summed E-state index contributed by atoms with van der Waals surface area (Å²) in [6.07, 6.45) is 16.2. The number of allylic oxidation sites excluding steroid dienone is 1. The molecule has 1 nitrogen and oxygen atoms in total. The van der Waals surface area contributed by atoms with Crippen molar-refractivity contribution in [3.63, 3.8) is 0 Å². The van der Waals surface area contributed by atoms with Crippen LogP contribution in [0.2, 0.25) is 0 Å². The Hall–Kier alpha value is -0.0100. The van der Waals surface area contributed by atoms with Gasteiger partial charge in [-0.05, 0) is 91.3 Å². The molecule has 4 aliphatic carbocycles. The largest absolute Gasteiger partial charge is 0.375 e. The summed E-state index contributed by atoms with van der Waals surface area (Å²) in [6, 6.07) is 0. The molecule has 4 aliphatic rings. The molecule has 0 saturated heterocycles. The minimum atomic E-state index is -0.995. The third-order valence-electron chi connectivity index (χ3n) is 10.3. The van der Waals surface area contributed by atoms with Crippen molar-refractivity contribution in [3.8, 4) is 0 Å². The maximum atomic E-state index is 10.4. The molecular weight excluding hydrogens is 376 g/mol. The predicted octanol–water partition coefficient (Wildman–Crippen LogP) is 7.96. The molecule has 0 bridgehead atoms. The van der Waals surface area contributed by atoms with Crippen molar-refractivity contribution in [1.29, 1.82) is 0 Å². The van der Waals surface area contributed by atoms with Crippen molar-refractivity contribution < 1.29 is 5.11 Å². The third kappa shape index (κ3) is 3.86. The number of fused-ring (bicyclic) bond motifs is 5. The van der Waals surface area contributed by atoms with E-state index in [-0.39, 0.29) is 5.41 Å². The standard InChI is InChI=1S/C27H45ClO/c1-18(2)7-6-8-19(3)22-11-12-23-21-10-9-20-17-27(28,29)16-15-25(20,4)24(21)13-14-26(22,23)5/h9,18-19,21-24,29H,6-8,10-17H2,1-5H3/t19?,21-,22+,23-,24-,25-,26+,27-/m0/s1. The smallest absolute Gasteiger partial charge is 0.142 e. The van der Waals surface area contributed by atoms with Crippen molar-refractivity contribution in [2.24, 2.45) is 46.3 Å². The van der Waals surface area contributed by atoms with E-state index in [0.29, 0.717) is 11.8 Å². The van der Waals surface area contributed by atoms with E-state index >= 15 is 0 Å². The number of rotatable bonds is 5. The zero-order chi connectivity index (χ0) is 21.0. The minimum absolute atomic E-state index is 0.284. The molecule has 0 heterocycles. The van der Waals surface area contributed by atoms with Gasteiger partial charge in [0.2, 0.25) is 0 Å². The molecule has 3 fully saturated rings. The molecule has 1 unspecified atom stereocenters. The zero-order valence-electron chi connectivity index (χ0n) is 19.6. The molecule has 0 radical (unpaired) electrons. The van der Waals surface area contributed by atoms with Crippen molar-refractivity contribution in [2.75, 3.05) is 0 Å². The van der Waals surface area contributed by atoms with Crippen molar-refractivity contribution in [1.82, 2.24) is 0 Å². The van der Waals surface area contributed by atoms with Crippen molar-refractivity contribution in [3.05, 3.63) is 11.6 Å². The van der Waals surface area contributed by atoms with Crippen LogP contribution in [-0.4, -0.2) is 10.2 Å². The summed E-state index contributed by atoms with van der Waals surface area (Å²) in [7, 11) is 0. The summed E-state index contributed by atoms with van der Waals surface area (Å²) >= 11 is 6.37. The lowest BCUT2D eigenvalue weighted by molar-refractivity contribution is -0.0611. The van der Waals surface area contributed by atoms with Gasteiger partial charge in [-0.25, -0.2) is 0 Å². The molecular formula is C27H45ClO. The number of aliphatic hydroxyl groups is 1. The second-order valence-electron chi connectivity index (χ2n) is 12.4. The predicted molar refractivity (Wildman–Crippen MR) is 124 cm³/mol. The van der Waals surface area contributed by atoms with E-state index in [1.165, 1.54) is 56.9 Å². The average Bonchev–Trinajstić information content (AvgIpc) is 2.99. The van der Waals surface area contributed by atoms with E-state index < -0.39 is 5.06 Å². The lowest BCUT2D eigenvalue weighted by atomic mass is 9.47. The summed E-state index contributed by atoms with van der Waals surface area (Å²) in [6.45, 7) is 12.5. The van der Waals surface area contributed by atoms with Crippen LogP contribution in [0.3, 0.4) is 0 Å². The average molecular weight is 421 g/mol. The molecule has 0 aliphatic heterocycles. The molecule has 3 saturated carbocycles. The highest BCUT2D eigenvalue weighted by Crippen LogP contribution is 2.67. The molecule has 4 rings (SSSR count). The second-order valence-corrected chi connectivity index (χ2v) is 13.1. The Morgan fingerprint density at radius 1 is 1.03 bits per heavy atom. The van der Waals surface area contributed by atoms with Crippen molar-refractivity contribution in [2.45, 2.75) is 110 Å². The molecule has 1 N–H and O–H groups in total. The SMILES string of the molecule is CC(C)CCCC(C)[C@H]1CC[C@H]2[C@@H]3CC=C4C[C@](O)(Cl)CC[C@]4(C)[C@H]3CC[C@]12C. The van der Waals surface area contributed by atoms with Crippen LogP contribution in [0.4, 0.5) is 0 Å². The Balaban J connectivity index is 1.50. The van der Waals surface area contributed by atoms with E-state index in [9.17, 15) is 5.11 Å². The minimum Gasteiger partial charge on any atom is -0.375 e. The fraction of sp³-hybridized carbons (Fsp3) is 0.926. The molecule has 29 heavy (non-hydrogen) atoms. The first-order chi connectivity index (χ1) is 13.6. The van der Waals surface area contributed by atoms with Gasteiger partial charge in [-0.2, -0.15) is 0 Å². The molecule has 166 valence electrons. The highest BCUT2D eigenvalue weighted by molar-refractivity contribution is 6.22. The lowest BCUT2D eigenvalue weighted by Gasteiger charge is -2.59. The van der Waals surface area contributed by atoms with Crippen LogP contribution < -0.4 is 0 Å². The van der Waals surface area contributed by atoms with Crippen LogP contribution >= 0.6 is 11.6 Å². The zero-order valence-corrected chi connectivity index (χ0v) is 20.4. The van der Waals surface area contributed by atoms with Gasteiger partial charge < -0.3 is 5.11 Å². The van der Waals surface area contributed by atoms with E-state index in [4.69, 9.17) is 11.6 Å². The Bertz CT molecular complexity index is 636. The number of hydrogen-bond donors (Lipinski definition) is 1. The monoisotopic (exact) mass is 420 g/mol. The van der Waals surface area contributed by atoms with Crippen LogP contribution in [0.25, 0.3) is 0 Å². The van der Waals surface area contributed by atoms with Gasteiger partial charge >= 0.3 is 0 Å². The van der Waals surface area contributed by atoms with Crippen LogP contribution in [-0.2, 0) is 0 Å². The molecule has 0 aromatic rings. The maximum absolute atomic E-state index is 10.4.